The van der Waals surface area contributed by atoms with Crippen molar-refractivity contribution in [2.24, 2.45) is 0 Å². The van der Waals surface area contributed by atoms with Gasteiger partial charge in [0, 0.05) is 6.04 Å². The van der Waals surface area contributed by atoms with Crippen molar-refractivity contribution in [3.05, 3.63) is 0 Å². The van der Waals surface area contributed by atoms with Crippen LogP contribution >= 0.6 is 0 Å². The highest BCUT2D eigenvalue weighted by atomic mass is 15.1. The minimum absolute atomic E-state index is 0.878. The smallest absolute Gasteiger partial charge is 0.00931 e. The van der Waals surface area contributed by atoms with Gasteiger partial charge in [0.1, 0.15) is 0 Å². The Morgan fingerprint density at radius 3 is 2.92 bits per heavy atom. The van der Waals surface area contributed by atoms with Gasteiger partial charge in [0.15, 0.2) is 0 Å². The van der Waals surface area contributed by atoms with Crippen molar-refractivity contribution in [1.82, 2.24) is 10.2 Å². The summed E-state index contributed by atoms with van der Waals surface area (Å²) < 4.78 is 0. The normalized spacial score (nSPS) is 25.0. The van der Waals surface area contributed by atoms with Crippen molar-refractivity contribution >= 4 is 0 Å². The van der Waals surface area contributed by atoms with Gasteiger partial charge in [-0.2, -0.15) is 0 Å². The molecule has 1 heterocycles. The highest BCUT2D eigenvalue weighted by molar-refractivity contribution is 4.76. The van der Waals surface area contributed by atoms with E-state index in [9.17, 15) is 0 Å². The standard InChI is InChI=1S/C10H22N2/c1-3-11-8-4-6-10-7-5-9-12(10)2/h10-11H,3-9H2,1-2H3/t10-/m0/s1. The first-order valence-electron chi connectivity index (χ1n) is 5.25. The molecule has 0 aromatic heterocycles. The Balaban J connectivity index is 1.98. The molecule has 0 amide bonds. The average Bonchev–Trinajstić information content (AvgIpc) is 2.46. The van der Waals surface area contributed by atoms with Crippen LogP contribution in [0.1, 0.15) is 32.6 Å². The molecule has 0 bridgehead atoms. The molecule has 0 aromatic carbocycles. The summed E-state index contributed by atoms with van der Waals surface area (Å²) in [6.45, 7) is 5.79. The lowest BCUT2D eigenvalue weighted by molar-refractivity contribution is 0.291. The van der Waals surface area contributed by atoms with E-state index in [4.69, 9.17) is 0 Å². The zero-order valence-electron chi connectivity index (χ0n) is 8.47. The lowest BCUT2D eigenvalue weighted by Gasteiger charge is -2.18. The van der Waals surface area contributed by atoms with E-state index >= 15 is 0 Å². The van der Waals surface area contributed by atoms with Crippen LogP contribution in [0.3, 0.4) is 0 Å². The molecule has 1 atom stereocenters. The largest absolute Gasteiger partial charge is 0.317 e. The minimum Gasteiger partial charge on any atom is -0.317 e. The molecule has 0 spiro atoms. The predicted octanol–water partition coefficient (Wildman–Crippen LogP) is 1.47. The lowest BCUT2D eigenvalue weighted by atomic mass is 10.1. The summed E-state index contributed by atoms with van der Waals surface area (Å²) in [5, 5.41) is 3.37. The summed E-state index contributed by atoms with van der Waals surface area (Å²) in [6, 6.07) is 0.878. The molecule has 1 saturated heterocycles. The average molecular weight is 170 g/mol. The van der Waals surface area contributed by atoms with Crippen LogP contribution in [0.25, 0.3) is 0 Å². The first kappa shape index (κ1) is 10.0. The number of likely N-dealkylation sites (tertiary alicyclic amines) is 1. The quantitative estimate of drug-likeness (QED) is 0.629. The second-order valence-corrected chi connectivity index (χ2v) is 3.77. The Hall–Kier alpha value is -0.0800. The summed E-state index contributed by atoms with van der Waals surface area (Å²) in [7, 11) is 2.25. The third-order valence-electron chi connectivity index (χ3n) is 2.81. The number of hydrogen-bond acceptors (Lipinski definition) is 2. The first-order valence-corrected chi connectivity index (χ1v) is 5.25. The van der Waals surface area contributed by atoms with Crippen molar-refractivity contribution in [1.29, 1.82) is 0 Å². The van der Waals surface area contributed by atoms with Gasteiger partial charge in [-0.05, 0) is 52.4 Å². The van der Waals surface area contributed by atoms with Crippen LogP contribution < -0.4 is 5.32 Å². The van der Waals surface area contributed by atoms with Gasteiger partial charge >= 0.3 is 0 Å². The summed E-state index contributed by atoms with van der Waals surface area (Å²) in [5.41, 5.74) is 0. The lowest BCUT2D eigenvalue weighted by Crippen LogP contribution is -2.26. The third-order valence-corrected chi connectivity index (χ3v) is 2.81. The molecule has 0 unspecified atom stereocenters. The highest BCUT2D eigenvalue weighted by Gasteiger charge is 2.19. The fourth-order valence-electron chi connectivity index (χ4n) is 1.98. The third kappa shape index (κ3) is 3.11. The van der Waals surface area contributed by atoms with E-state index in [1.165, 1.54) is 38.8 Å². The number of hydrogen-bond donors (Lipinski definition) is 1. The van der Waals surface area contributed by atoms with Crippen molar-refractivity contribution in [3.63, 3.8) is 0 Å². The molecule has 0 aromatic rings. The molecule has 1 aliphatic rings. The van der Waals surface area contributed by atoms with E-state index in [0.29, 0.717) is 0 Å². The maximum atomic E-state index is 3.37. The van der Waals surface area contributed by atoms with Crippen molar-refractivity contribution in [3.8, 4) is 0 Å². The van der Waals surface area contributed by atoms with Gasteiger partial charge in [-0.15, -0.1) is 0 Å². The molecule has 1 aliphatic heterocycles. The first-order chi connectivity index (χ1) is 5.84. The van der Waals surface area contributed by atoms with Gasteiger partial charge in [-0.25, -0.2) is 0 Å². The Labute approximate surface area is 76.3 Å². The molecule has 1 N–H and O–H groups in total. The monoisotopic (exact) mass is 170 g/mol. The van der Waals surface area contributed by atoms with Gasteiger partial charge in [0.25, 0.3) is 0 Å². The molecule has 72 valence electrons. The van der Waals surface area contributed by atoms with Gasteiger partial charge < -0.3 is 10.2 Å². The summed E-state index contributed by atoms with van der Waals surface area (Å²) in [4.78, 5) is 2.51. The van der Waals surface area contributed by atoms with Gasteiger partial charge in [0.2, 0.25) is 0 Å². The Morgan fingerprint density at radius 1 is 1.50 bits per heavy atom. The molecular weight excluding hydrogens is 148 g/mol. The van der Waals surface area contributed by atoms with Crippen LogP contribution in [-0.4, -0.2) is 37.6 Å². The summed E-state index contributed by atoms with van der Waals surface area (Å²) >= 11 is 0. The van der Waals surface area contributed by atoms with Crippen LogP contribution in [0.4, 0.5) is 0 Å². The second kappa shape index (κ2) is 5.55. The van der Waals surface area contributed by atoms with Gasteiger partial charge in [-0.3, -0.25) is 0 Å². The Morgan fingerprint density at radius 2 is 2.33 bits per heavy atom. The Bertz CT molecular complexity index is 114. The minimum atomic E-state index is 0.878. The van der Waals surface area contributed by atoms with E-state index in [0.717, 1.165) is 12.6 Å². The fourth-order valence-corrected chi connectivity index (χ4v) is 1.98. The van der Waals surface area contributed by atoms with E-state index in [2.05, 4.69) is 24.2 Å². The summed E-state index contributed by atoms with van der Waals surface area (Å²) in [6.07, 6.45) is 5.54. The topological polar surface area (TPSA) is 15.3 Å². The van der Waals surface area contributed by atoms with Crippen LogP contribution in [0.5, 0.6) is 0 Å². The molecule has 2 nitrogen and oxygen atoms in total. The van der Waals surface area contributed by atoms with Crippen molar-refractivity contribution in [2.75, 3.05) is 26.7 Å². The van der Waals surface area contributed by atoms with E-state index in [1.54, 1.807) is 0 Å². The maximum absolute atomic E-state index is 3.37. The van der Waals surface area contributed by atoms with Gasteiger partial charge in [-0.1, -0.05) is 6.92 Å². The van der Waals surface area contributed by atoms with Gasteiger partial charge in [0.05, 0.1) is 0 Å². The van der Waals surface area contributed by atoms with E-state index in [-0.39, 0.29) is 0 Å². The maximum Gasteiger partial charge on any atom is 0.00931 e. The zero-order valence-corrected chi connectivity index (χ0v) is 8.47. The van der Waals surface area contributed by atoms with Crippen LogP contribution in [0.2, 0.25) is 0 Å². The molecule has 12 heavy (non-hydrogen) atoms. The molecule has 0 aliphatic carbocycles. The summed E-state index contributed by atoms with van der Waals surface area (Å²) in [5.74, 6) is 0. The zero-order chi connectivity index (χ0) is 8.81. The SMILES string of the molecule is CCNCCC[C@H]1CCCN1C. The fraction of sp³-hybridized carbons (Fsp3) is 1.00. The van der Waals surface area contributed by atoms with Crippen LogP contribution in [0.15, 0.2) is 0 Å². The van der Waals surface area contributed by atoms with Crippen LogP contribution in [-0.2, 0) is 0 Å². The molecule has 0 saturated carbocycles. The number of nitrogens with one attached hydrogen (secondary N) is 1. The number of nitrogens with zero attached hydrogens (tertiary/aromatic N) is 1. The molecule has 2 heteroatoms. The second-order valence-electron chi connectivity index (χ2n) is 3.77. The van der Waals surface area contributed by atoms with E-state index < -0.39 is 0 Å². The van der Waals surface area contributed by atoms with Crippen molar-refractivity contribution in [2.45, 2.75) is 38.6 Å². The Kier molecular flexibility index (Phi) is 4.62. The molecule has 0 radical (unpaired) electrons. The molecule has 1 rings (SSSR count). The highest BCUT2D eigenvalue weighted by Crippen LogP contribution is 2.18. The molecular formula is C10H22N2. The number of rotatable bonds is 5. The van der Waals surface area contributed by atoms with Crippen LogP contribution in [0, 0.1) is 0 Å². The molecule has 1 fully saturated rings. The predicted molar refractivity (Wildman–Crippen MR) is 53.4 cm³/mol. The van der Waals surface area contributed by atoms with E-state index in [1.807, 2.05) is 0 Å². The van der Waals surface area contributed by atoms with Crippen molar-refractivity contribution < 1.29 is 0 Å².